The first-order chi connectivity index (χ1) is 8.74. The van der Waals surface area contributed by atoms with E-state index in [4.69, 9.17) is 4.74 Å². The summed E-state index contributed by atoms with van der Waals surface area (Å²) in [5.74, 6) is -0.469. The van der Waals surface area contributed by atoms with E-state index >= 15 is 0 Å². The topological polar surface area (TPSA) is 54.1 Å². The van der Waals surface area contributed by atoms with Crippen molar-refractivity contribution in [1.82, 2.24) is 10.3 Å². The molecule has 2 aromatic rings. The molecular formula is C13H13FN2O2. The van der Waals surface area contributed by atoms with Gasteiger partial charge in [0.05, 0.1) is 18.2 Å². The fourth-order valence-electron chi connectivity index (χ4n) is 2.20. The highest BCUT2D eigenvalue weighted by Gasteiger charge is 2.20. The molecule has 1 saturated heterocycles. The molecule has 1 aromatic heterocycles. The number of benzene rings is 1. The minimum absolute atomic E-state index is 0.0721. The first-order valence-electron chi connectivity index (χ1n) is 5.89. The second-order valence-corrected chi connectivity index (χ2v) is 4.43. The zero-order valence-corrected chi connectivity index (χ0v) is 9.70. The number of amides is 1. The molecule has 1 aromatic carbocycles. The summed E-state index contributed by atoms with van der Waals surface area (Å²) in [4.78, 5) is 15.0. The van der Waals surface area contributed by atoms with Gasteiger partial charge in [-0.1, -0.05) is 0 Å². The van der Waals surface area contributed by atoms with E-state index in [1.807, 2.05) is 0 Å². The molecule has 5 heteroatoms. The maximum Gasteiger partial charge on any atom is 0.253 e. The lowest BCUT2D eigenvalue weighted by atomic mass is 10.1. The molecule has 3 rings (SSSR count). The van der Waals surface area contributed by atoms with Gasteiger partial charge in [-0.3, -0.25) is 4.79 Å². The normalized spacial score (nSPS) is 19.3. The number of hydrogen-bond donors (Lipinski definition) is 2. The van der Waals surface area contributed by atoms with Crippen LogP contribution < -0.4 is 5.32 Å². The fraction of sp³-hybridized carbons (Fsp3) is 0.308. The van der Waals surface area contributed by atoms with Crippen molar-refractivity contribution in [2.75, 3.05) is 13.2 Å². The van der Waals surface area contributed by atoms with Gasteiger partial charge in [-0.25, -0.2) is 4.39 Å². The SMILES string of the molecule is O=C(NC1CCOC1)c1c[nH]c2cc(F)ccc12. The molecule has 0 radical (unpaired) electrons. The number of H-pyrrole nitrogens is 1. The van der Waals surface area contributed by atoms with Gasteiger partial charge in [0.2, 0.25) is 0 Å². The average molecular weight is 248 g/mol. The van der Waals surface area contributed by atoms with Gasteiger partial charge in [0.25, 0.3) is 5.91 Å². The molecule has 2 heterocycles. The number of aromatic amines is 1. The molecule has 1 fully saturated rings. The quantitative estimate of drug-likeness (QED) is 0.851. The van der Waals surface area contributed by atoms with Gasteiger partial charge in [0.15, 0.2) is 0 Å². The number of carbonyl (C=O) groups is 1. The molecule has 2 N–H and O–H groups in total. The smallest absolute Gasteiger partial charge is 0.253 e. The van der Waals surface area contributed by atoms with Crippen LogP contribution in [-0.4, -0.2) is 30.1 Å². The van der Waals surface area contributed by atoms with Crippen molar-refractivity contribution in [2.24, 2.45) is 0 Å². The maximum absolute atomic E-state index is 13.0. The predicted molar refractivity (Wildman–Crippen MR) is 64.9 cm³/mol. The molecule has 0 saturated carbocycles. The molecule has 0 spiro atoms. The van der Waals surface area contributed by atoms with E-state index in [0.29, 0.717) is 24.3 Å². The van der Waals surface area contributed by atoms with Gasteiger partial charge < -0.3 is 15.0 Å². The summed E-state index contributed by atoms with van der Waals surface area (Å²) in [5.41, 5.74) is 1.17. The van der Waals surface area contributed by atoms with Crippen molar-refractivity contribution in [3.63, 3.8) is 0 Å². The van der Waals surface area contributed by atoms with E-state index in [-0.39, 0.29) is 17.8 Å². The zero-order chi connectivity index (χ0) is 12.5. The highest BCUT2D eigenvalue weighted by atomic mass is 19.1. The van der Waals surface area contributed by atoms with Crippen LogP contribution in [0.5, 0.6) is 0 Å². The highest BCUT2D eigenvalue weighted by Crippen LogP contribution is 2.19. The summed E-state index contributed by atoms with van der Waals surface area (Å²) in [6.07, 6.45) is 2.44. The van der Waals surface area contributed by atoms with Gasteiger partial charge in [0.1, 0.15) is 5.82 Å². The standard InChI is InChI=1S/C13H13FN2O2/c14-8-1-2-10-11(6-15-12(10)5-8)13(17)16-9-3-4-18-7-9/h1-2,5-6,9,15H,3-4,7H2,(H,16,17). The first-order valence-corrected chi connectivity index (χ1v) is 5.89. The number of nitrogens with one attached hydrogen (secondary N) is 2. The largest absolute Gasteiger partial charge is 0.379 e. The molecule has 0 bridgehead atoms. The number of fused-ring (bicyclic) bond motifs is 1. The molecule has 1 amide bonds. The summed E-state index contributed by atoms with van der Waals surface area (Å²) in [5, 5.41) is 3.64. The second-order valence-electron chi connectivity index (χ2n) is 4.43. The van der Waals surface area contributed by atoms with E-state index in [1.54, 1.807) is 12.3 Å². The van der Waals surface area contributed by atoms with Crippen LogP contribution in [0.1, 0.15) is 16.8 Å². The van der Waals surface area contributed by atoms with Crippen molar-refractivity contribution in [3.8, 4) is 0 Å². The van der Waals surface area contributed by atoms with Crippen LogP contribution >= 0.6 is 0 Å². The number of carbonyl (C=O) groups excluding carboxylic acids is 1. The minimum atomic E-state index is -0.319. The van der Waals surface area contributed by atoms with Crippen LogP contribution in [0.2, 0.25) is 0 Å². The molecule has 4 nitrogen and oxygen atoms in total. The maximum atomic E-state index is 13.0. The van der Waals surface area contributed by atoms with Crippen molar-refractivity contribution in [1.29, 1.82) is 0 Å². The van der Waals surface area contributed by atoms with E-state index in [9.17, 15) is 9.18 Å². The van der Waals surface area contributed by atoms with Crippen LogP contribution in [0.25, 0.3) is 10.9 Å². The third-order valence-electron chi connectivity index (χ3n) is 3.15. The lowest BCUT2D eigenvalue weighted by molar-refractivity contribution is 0.0931. The summed E-state index contributed by atoms with van der Waals surface area (Å²) < 4.78 is 18.2. The second kappa shape index (κ2) is 4.42. The van der Waals surface area contributed by atoms with Crippen LogP contribution in [0.4, 0.5) is 4.39 Å². The molecule has 1 aliphatic heterocycles. The lowest BCUT2D eigenvalue weighted by Gasteiger charge is -2.09. The van der Waals surface area contributed by atoms with Crippen LogP contribution in [-0.2, 0) is 4.74 Å². The van der Waals surface area contributed by atoms with E-state index in [2.05, 4.69) is 10.3 Å². The zero-order valence-electron chi connectivity index (χ0n) is 9.70. The Morgan fingerprint density at radius 3 is 3.17 bits per heavy atom. The Balaban J connectivity index is 1.86. The fourth-order valence-corrected chi connectivity index (χ4v) is 2.20. The molecule has 0 aliphatic carbocycles. The number of rotatable bonds is 2. The molecule has 1 atom stereocenters. The van der Waals surface area contributed by atoms with Gasteiger partial charge in [0, 0.05) is 23.7 Å². The van der Waals surface area contributed by atoms with Gasteiger partial charge >= 0.3 is 0 Å². The predicted octanol–water partition coefficient (Wildman–Crippen LogP) is 1.83. The minimum Gasteiger partial charge on any atom is -0.379 e. The average Bonchev–Trinajstić information content (AvgIpc) is 2.97. The summed E-state index contributed by atoms with van der Waals surface area (Å²) in [6, 6.07) is 4.42. The van der Waals surface area contributed by atoms with Gasteiger partial charge in [-0.15, -0.1) is 0 Å². The van der Waals surface area contributed by atoms with Gasteiger partial charge in [-0.2, -0.15) is 0 Å². The van der Waals surface area contributed by atoms with E-state index in [0.717, 1.165) is 11.8 Å². The number of halogens is 1. The van der Waals surface area contributed by atoms with Gasteiger partial charge in [-0.05, 0) is 24.6 Å². The summed E-state index contributed by atoms with van der Waals surface area (Å²) >= 11 is 0. The third kappa shape index (κ3) is 1.97. The van der Waals surface area contributed by atoms with Crippen LogP contribution in [0.15, 0.2) is 24.4 Å². The molecule has 1 aliphatic rings. The van der Waals surface area contributed by atoms with Crippen LogP contribution in [0.3, 0.4) is 0 Å². The Morgan fingerprint density at radius 2 is 2.39 bits per heavy atom. The third-order valence-corrected chi connectivity index (χ3v) is 3.15. The highest BCUT2D eigenvalue weighted by molar-refractivity contribution is 6.06. The van der Waals surface area contributed by atoms with Crippen molar-refractivity contribution < 1.29 is 13.9 Å². The van der Waals surface area contributed by atoms with Crippen LogP contribution in [0, 0.1) is 5.82 Å². The summed E-state index contributed by atoms with van der Waals surface area (Å²) in [7, 11) is 0. The van der Waals surface area contributed by atoms with E-state index in [1.165, 1.54) is 12.1 Å². The number of ether oxygens (including phenoxy) is 1. The Kier molecular flexibility index (Phi) is 2.76. The Labute approximate surface area is 103 Å². The molecule has 94 valence electrons. The Hall–Kier alpha value is -1.88. The lowest BCUT2D eigenvalue weighted by Crippen LogP contribution is -2.34. The molecule has 18 heavy (non-hydrogen) atoms. The number of aromatic nitrogens is 1. The monoisotopic (exact) mass is 248 g/mol. The van der Waals surface area contributed by atoms with Crippen molar-refractivity contribution in [3.05, 3.63) is 35.8 Å². The number of hydrogen-bond acceptors (Lipinski definition) is 2. The Morgan fingerprint density at radius 1 is 1.50 bits per heavy atom. The first kappa shape index (κ1) is 11.2. The Bertz CT molecular complexity index is 588. The van der Waals surface area contributed by atoms with E-state index < -0.39 is 0 Å². The summed E-state index contributed by atoms with van der Waals surface area (Å²) in [6.45, 7) is 1.24. The molecular weight excluding hydrogens is 235 g/mol. The van der Waals surface area contributed by atoms with Crippen molar-refractivity contribution >= 4 is 16.8 Å². The van der Waals surface area contributed by atoms with Crippen molar-refractivity contribution in [2.45, 2.75) is 12.5 Å². The molecule has 1 unspecified atom stereocenters.